The highest BCUT2D eigenvalue weighted by Crippen LogP contribution is 2.45. The molecule has 0 radical (unpaired) electrons. The minimum atomic E-state index is -0.830. The molecule has 3 aliphatic rings. The Hall–Kier alpha value is -1.79. The summed E-state index contributed by atoms with van der Waals surface area (Å²) in [5.74, 6) is -0.651. The first-order chi connectivity index (χ1) is 9.52. The molecule has 0 aromatic heterocycles. The maximum absolute atomic E-state index is 12.1. The minimum Gasteiger partial charge on any atom is -0.481 e. The summed E-state index contributed by atoms with van der Waals surface area (Å²) in [4.78, 5) is 38.2. The van der Waals surface area contributed by atoms with Crippen molar-refractivity contribution < 1.29 is 19.5 Å². The molecule has 1 saturated carbocycles. The highest BCUT2D eigenvalue weighted by Gasteiger charge is 2.50. The molecule has 110 valence electrons. The first kappa shape index (κ1) is 13.2. The monoisotopic (exact) mass is 281 g/mol. The number of hydrogen-bond acceptors (Lipinski definition) is 3. The number of aliphatic carboxylic acids is 1. The van der Waals surface area contributed by atoms with E-state index in [4.69, 9.17) is 5.11 Å². The molecule has 1 unspecified atom stereocenters. The van der Waals surface area contributed by atoms with Gasteiger partial charge in [-0.1, -0.05) is 0 Å². The Labute approximate surface area is 116 Å². The van der Waals surface area contributed by atoms with Crippen LogP contribution in [0.15, 0.2) is 0 Å². The first-order valence-electron chi connectivity index (χ1n) is 7.07. The van der Waals surface area contributed by atoms with Gasteiger partial charge in [-0.2, -0.15) is 0 Å². The molecule has 7 heteroatoms. The molecule has 0 spiro atoms. The Bertz CT molecular complexity index is 461. The molecule has 3 rings (SSSR count). The van der Waals surface area contributed by atoms with Crippen molar-refractivity contribution >= 4 is 17.9 Å². The number of carboxylic acid groups (broad SMARTS) is 1. The quantitative estimate of drug-likeness (QED) is 0.754. The van der Waals surface area contributed by atoms with Crippen molar-refractivity contribution in [2.24, 2.45) is 5.41 Å². The molecule has 0 aromatic carbocycles. The number of piperazine rings is 1. The number of amides is 3. The summed E-state index contributed by atoms with van der Waals surface area (Å²) < 4.78 is 0. The number of carbonyl (C=O) groups is 3. The van der Waals surface area contributed by atoms with Crippen molar-refractivity contribution in [1.82, 2.24) is 15.1 Å². The van der Waals surface area contributed by atoms with Crippen LogP contribution in [0, 0.1) is 5.41 Å². The van der Waals surface area contributed by atoms with E-state index in [0.29, 0.717) is 38.9 Å². The smallest absolute Gasteiger partial charge is 0.317 e. The SMILES string of the molecule is O=C(NCC1(C(=O)O)CC1)N1CCN2C(=O)CCC2C1. The van der Waals surface area contributed by atoms with Gasteiger partial charge in [-0.25, -0.2) is 4.79 Å². The highest BCUT2D eigenvalue weighted by molar-refractivity contribution is 5.81. The van der Waals surface area contributed by atoms with Crippen LogP contribution in [0.25, 0.3) is 0 Å². The molecule has 20 heavy (non-hydrogen) atoms. The van der Waals surface area contributed by atoms with E-state index >= 15 is 0 Å². The zero-order valence-corrected chi connectivity index (χ0v) is 11.3. The molecule has 3 fully saturated rings. The Morgan fingerprint density at radius 3 is 2.75 bits per heavy atom. The third-order valence-corrected chi connectivity index (χ3v) is 4.67. The van der Waals surface area contributed by atoms with Crippen LogP contribution in [0.5, 0.6) is 0 Å². The van der Waals surface area contributed by atoms with E-state index in [0.717, 1.165) is 6.42 Å². The van der Waals surface area contributed by atoms with Gasteiger partial charge in [-0.05, 0) is 19.3 Å². The second-order valence-corrected chi connectivity index (χ2v) is 5.97. The van der Waals surface area contributed by atoms with Gasteiger partial charge in [0.05, 0.1) is 5.41 Å². The zero-order chi connectivity index (χ0) is 14.3. The summed E-state index contributed by atoms with van der Waals surface area (Å²) in [6.45, 7) is 1.86. The predicted octanol–water partition coefficient (Wildman–Crippen LogP) is -0.133. The lowest BCUT2D eigenvalue weighted by Gasteiger charge is -2.37. The van der Waals surface area contributed by atoms with E-state index in [9.17, 15) is 14.4 Å². The maximum Gasteiger partial charge on any atom is 0.317 e. The van der Waals surface area contributed by atoms with E-state index in [1.807, 2.05) is 4.90 Å². The molecule has 0 bridgehead atoms. The lowest BCUT2D eigenvalue weighted by Crippen LogP contribution is -2.56. The molecule has 1 aliphatic carbocycles. The molecule has 2 saturated heterocycles. The van der Waals surface area contributed by atoms with Crippen molar-refractivity contribution in [2.75, 3.05) is 26.2 Å². The van der Waals surface area contributed by atoms with Gasteiger partial charge < -0.3 is 20.2 Å². The molecule has 3 amide bonds. The van der Waals surface area contributed by atoms with Crippen LogP contribution in [0.3, 0.4) is 0 Å². The Kier molecular flexibility index (Phi) is 3.07. The lowest BCUT2D eigenvalue weighted by molar-refractivity contribution is -0.143. The average Bonchev–Trinajstić information content (AvgIpc) is 3.15. The molecule has 2 heterocycles. The first-order valence-corrected chi connectivity index (χ1v) is 7.07. The summed E-state index contributed by atoms with van der Waals surface area (Å²) in [6.07, 6.45) is 2.64. The number of hydrogen-bond donors (Lipinski definition) is 2. The van der Waals surface area contributed by atoms with Crippen LogP contribution in [0.2, 0.25) is 0 Å². The topological polar surface area (TPSA) is 89.9 Å². The normalized spacial score (nSPS) is 27.2. The average molecular weight is 281 g/mol. The van der Waals surface area contributed by atoms with E-state index in [2.05, 4.69) is 5.32 Å². The summed E-state index contributed by atoms with van der Waals surface area (Å²) in [5, 5.41) is 11.8. The standard InChI is InChI=1S/C13H19N3O4/c17-10-2-1-9-7-15(5-6-16(9)10)12(20)14-8-13(3-4-13)11(18)19/h9H,1-8H2,(H,14,20)(H,18,19). The van der Waals surface area contributed by atoms with Crippen molar-refractivity contribution in [2.45, 2.75) is 31.7 Å². The lowest BCUT2D eigenvalue weighted by atomic mass is 10.1. The highest BCUT2D eigenvalue weighted by atomic mass is 16.4. The van der Waals surface area contributed by atoms with Gasteiger partial charge in [0.15, 0.2) is 0 Å². The zero-order valence-electron chi connectivity index (χ0n) is 11.3. The predicted molar refractivity (Wildman–Crippen MR) is 69.0 cm³/mol. The Balaban J connectivity index is 1.51. The number of carboxylic acids is 1. The van der Waals surface area contributed by atoms with E-state index in [1.165, 1.54) is 0 Å². The van der Waals surface area contributed by atoms with Gasteiger partial charge in [0.25, 0.3) is 0 Å². The van der Waals surface area contributed by atoms with Crippen molar-refractivity contribution in [1.29, 1.82) is 0 Å². The molecular formula is C13H19N3O4. The summed E-state index contributed by atoms with van der Waals surface area (Å²) in [6, 6.07) is -0.0760. The summed E-state index contributed by atoms with van der Waals surface area (Å²) in [7, 11) is 0. The summed E-state index contributed by atoms with van der Waals surface area (Å²) in [5.41, 5.74) is -0.735. The minimum absolute atomic E-state index is 0.136. The van der Waals surface area contributed by atoms with Gasteiger partial charge in [0.2, 0.25) is 5.91 Å². The third-order valence-electron chi connectivity index (χ3n) is 4.67. The van der Waals surface area contributed by atoms with Crippen molar-refractivity contribution in [3.05, 3.63) is 0 Å². The van der Waals surface area contributed by atoms with Gasteiger partial charge in [0.1, 0.15) is 0 Å². The van der Waals surface area contributed by atoms with Gasteiger partial charge >= 0.3 is 12.0 Å². The number of nitrogens with zero attached hydrogens (tertiary/aromatic N) is 2. The van der Waals surface area contributed by atoms with Gasteiger partial charge in [-0.15, -0.1) is 0 Å². The van der Waals surface area contributed by atoms with Crippen molar-refractivity contribution in [3.8, 4) is 0 Å². The summed E-state index contributed by atoms with van der Waals surface area (Å²) >= 11 is 0. The van der Waals surface area contributed by atoms with Crippen LogP contribution < -0.4 is 5.32 Å². The number of nitrogens with one attached hydrogen (secondary N) is 1. The fourth-order valence-corrected chi connectivity index (χ4v) is 3.02. The number of urea groups is 1. The molecule has 1 atom stereocenters. The fourth-order valence-electron chi connectivity index (χ4n) is 3.02. The van der Waals surface area contributed by atoms with E-state index in [1.54, 1.807) is 4.90 Å². The molecule has 2 N–H and O–H groups in total. The van der Waals surface area contributed by atoms with Gasteiger partial charge in [0, 0.05) is 38.6 Å². The number of rotatable bonds is 3. The van der Waals surface area contributed by atoms with Crippen LogP contribution in [0.4, 0.5) is 4.79 Å². The van der Waals surface area contributed by atoms with E-state index in [-0.39, 0.29) is 24.5 Å². The molecule has 2 aliphatic heterocycles. The fraction of sp³-hybridized carbons (Fsp3) is 0.769. The van der Waals surface area contributed by atoms with E-state index < -0.39 is 11.4 Å². The van der Waals surface area contributed by atoms with Crippen molar-refractivity contribution in [3.63, 3.8) is 0 Å². The largest absolute Gasteiger partial charge is 0.481 e. The van der Waals surface area contributed by atoms with Crippen LogP contribution in [-0.2, 0) is 9.59 Å². The second kappa shape index (κ2) is 4.64. The molecule has 7 nitrogen and oxygen atoms in total. The number of fused-ring (bicyclic) bond motifs is 1. The van der Waals surface area contributed by atoms with Gasteiger partial charge in [-0.3, -0.25) is 9.59 Å². The second-order valence-electron chi connectivity index (χ2n) is 5.97. The Morgan fingerprint density at radius 2 is 2.10 bits per heavy atom. The van der Waals surface area contributed by atoms with Crippen LogP contribution >= 0.6 is 0 Å². The molecule has 0 aromatic rings. The maximum atomic E-state index is 12.1. The molecular weight excluding hydrogens is 262 g/mol. The number of carbonyl (C=O) groups excluding carboxylic acids is 2. The third kappa shape index (κ3) is 2.21. The van der Waals surface area contributed by atoms with Crippen LogP contribution in [-0.4, -0.2) is 65.0 Å². The van der Waals surface area contributed by atoms with Crippen LogP contribution in [0.1, 0.15) is 25.7 Å². The Morgan fingerprint density at radius 1 is 1.35 bits per heavy atom.